The van der Waals surface area contributed by atoms with Crippen LogP contribution < -0.4 is 0 Å². The Labute approximate surface area is 95.3 Å². The Morgan fingerprint density at radius 1 is 1.07 bits per heavy atom. The lowest BCUT2D eigenvalue weighted by Gasteiger charge is -2.07. The SMILES string of the molecule is [SiH3]C=CC(c1cccs1)c1cccs1. The van der Waals surface area contributed by atoms with Gasteiger partial charge in [0.05, 0.1) is 0 Å². The Morgan fingerprint density at radius 3 is 2.00 bits per heavy atom. The van der Waals surface area contributed by atoms with Crippen LogP contribution >= 0.6 is 22.7 Å². The van der Waals surface area contributed by atoms with Gasteiger partial charge >= 0.3 is 0 Å². The van der Waals surface area contributed by atoms with Gasteiger partial charge in [-0.25, -0.2) is 0 Å². The number of hydrogen-bond acceptors (Lipinski definition) is 2. The Balaban J connectivity index is 2.34. The van der Waals surface area contributed by atoms with Gasteiger partial charge in [0.15, 0.2) is 0 Å². The van der Waals surface area contributed by atoms with Crippen molar-refractivity contribution in [3.05, 3.63) is 56.6 Å². The van der Waals surface area contributed by atoms with Gasteiger partial charge in [-0.3, -0.25) is 0 Å². The Hall–Kier alpha value is -0.643. The fourth-order valence-electron chi connectivity index (χ4n) is 1.46. The Kier molecular flexibility index (Phi) is 3.34. The minimum atomic E-state index is 0.493. The lowest BCUT2D eigenvalue weighted by molar-refractivity contribution is 1.10. The van der Waals surface area contributed by atoms with Crippen molar-refractivity contribution >= 4 is 32.9 Å². The molecule has 0 aliphatic rings. The standard InChI is InChI=1S/C11H12S2Si/c14-8-5-9(10-3-1-6-12-10)11-4-2-7-13-11/h1-9H,14H3. The molecule has 0 aromatic carbocycles. The van der Waals surface area contributed by atoms with E-state index in [-0.39, 0.29) is 0 Å². The van der Waals surface area contributed by atoms with Crippen molar-refractivity contribution < 1.29 is 0 Å². The van der Waals surface area contributed by atoms with Crippen LogP contribution in [0.25, 0.3) is 0 Å². The van der Waals surface area contributed by atoms with Gasteiger partial charge in [-0.1, -0.05) is 18.2 Å². The molecule has 0 saturated heterocycles. The molecule has 3 heteroatoms. The largest absolute Gasteiger partial charge is 0.148 e. The van der Waals surface area contributed by atoms with Crippen LogP contribution in [0.5, 0.6) is 0 Å². The lowest BCUT2D eigenvalue weighted by atomic mass is 10.1. The molecule has 0 spiro atoms. The van der Waals surface area contributed by atoms with Gasteiger partial charge in [-0.2, -0.15) is 0 Å². The maximum absolute atomic E-state index is 2.32. The van der Waals surface area contributed by atoms with Crippen LogP contribution in [0.4, 0.5) is 0 Å². The highest BCUT2D eigenvalue weighted by Crippen LogP contribution is 2.32. The molecule has 0 N–H and O–H groups in total. The quantitative estimate of drug-likeness (QED) is 0.719. The molecule has 2 aromatic rings. The van der Waals surface area contributed by atoms with Crippen molar-refractivity contribution in [3.63, 3.8) is 0 Å². The van der Waals surface area contributed by atoms with E-state index in [0.29, 0.717) is 5.92 Å². The van der Waals surface area contributed by atoms with Crippen LogP contribution in [0.15, 0.2) is 46.8 Å². The maximum Gasteiger partial charge on any atom is 0.0453 e. The summed E-state index contributed by atoms with van der Waals surface area (Å²) in [5.74, 6) is 0.493. The molecule has 2 heterocycles. The van der Waals surface area contributed by atoms with Gasteiger partial charge in [0.2, 0.25) is 0 Å². The number of rotatable bonds is 3. The molecule has 0 amide bonds. The second-order valence-electron chi connectivity index (χ2n) is 3.03. The van der Waals surface area contributed by atoms with E-state index in [1.165, 1.54) is 9.75 Å². The highest BCUT2D eigenvalue weighted by molar-refractivity contribution is 7.11. The first-order chi connectivity index (χ1) is 6.92. The highest BCUT2D eigenvalue weighted by atomic mass is 32.1. The molecule has 2 rings (SSSR count). The van der Waals surface area contributed by atoms with Crippen molar-refractivity contribution in [3.8, 4) is 0 Å². The molecule has 0 nitrogen and oxygen atoms in total. The number of hydrogen-bond donors (Lipinski definition) is 0. The van der Waals surface area contributed by atoms with E-state index in [2.05, 4.69) is 46.8 Å². The minimum Gasteiger partial charge on any atom is -0.148 e. The molecule has 14 heavy (non-hydrogen) atoms. The minimum absolute atomic E-state index is 0.493. The molecule has 0 unspecified atom stereocenters. The third-order valence-corrected chi connectivity index (χ3v) is 4.38. The second kappa shape index (κ2) is 4.73. The fraction of sp³-hybridized carbons (Fsp3) is 0.0909. The fourth-order valence-corrected chi connectivity index (χ4v) is 3.57. The molecule has 0 aliphatic heterocycles. The summed E-state index contributed by atoms with van der Waals surface area (Å²) in [6.45, 7) is 0. The zero-order valence-electron chi connectivity index (χ0n) is 8.01. The first-order valence-corrected chi connectivity index (χ1v) is 7.53. The first-order valence-electron chi connectivity index (χ1n) is 4.61. The predicted octanol–water partition coefficient (Wildman–Crippen LogP) is 2.82. The summed E-state index contributed by atoms with van der Waals surface area (Å²) in [5, 5.41) is 4.30. The van der Waals surface area contributed by atoms with Crippen LogP contribution in [0, 0.1) is 0 Å². The van der Waals surface area contributed by atoms with Crippen molar-refractivity contribution in [2.45, 2.75) is 5.92 Å². The summed E-state index contributed by atoms with van der Waals surface area (Å²) in [7, 11) is 1.14. The molecule has 0 radical (unpaired) electrons. The monoisotopic (exact) mass is 236 g/mol. The topological polar surface area (TPSA) is 0 Å². The van der Waals surface area contributed by atoms with Crippen LogP contribution in [0.3, 0.4) is 0 Å². The van der Waals surface area contributed by atoms with E-state index in [9.17, 15) is 0 Å². The normalized spacial score (nSPS) is 11.8. The van der Waals surface area contributed by atoms with E-state index in [1.807, 2.05) is 22.7 Å². The molecule has 0 atom stereocenters. The van der Waals surface area contributed by atoms with Gasteiger partial charge in [0.25, 0.3) is 0 Å². The summed E-state index contributed by atoms with van der Waals surface area (Å²) in [6, 6.07) is 8.69. The van der Waals surface area contributed by atoms with Crippen LogP contribution in [0.1, 0.15) is 15.7 Å². The third kappa shape index (κ3) is 2.05. The smallest absolute Gasteiger partial charge is 0.0453 e. The number of thiophene rings is 2. The summed E-state index contributed by atoms with van der Waals surface area (Å²) in [4.78, 5) is 2.89. The van der Waals surface area contributed by atoms with Crippen molar-refractivity contribution in [2.75, 3.05) is 0 Å². The van der Waals surface area contributed by atoms with E-state index in [4.69, 9.17) is 0 Å². The van der Waals surface area contributed by atoms with E-state index >= 15 is 0 Å². The molecule has 0 fully saturated rings. The molecule has 0 aliphatic carbocycles. The second-order valence-corrected chi connectivity index (χ2v) is 5.66. The van der Waals surface area contributed by atoms with Crippen molar-refractivity contribution in [1.29, 1.82) is 0 Å². The average Bonchev–Trinajstić information content (AvgIpc) is 2.87. The molecule has 72 valence electrons. The third-order valence-electron chi connectivity index (χ3n) is 2.08. The molecule has 2 aromatic heterocycles. The predicted molar refractivity (Wildman–Crippen MR) is 69.6 cm³/mol. The van der Waals surface area contributed by atoms with Crippen molar-refractivity contribution in [2.24, 2.45) is 0 Å². The Morgan fingerprint density at radius 2 is 1.64 bits per heavy atom. The van der Waals surface area contributed by atoms with E-state index in [0.717, 1.165) is 10.2 Å². The van der Waals surface area contributed by atoms with Gasteiger partial charge < -0.3 is 0 Å². The first kappa shape index (κ1) is 9.89. The molecule has 0 bridgehead atoms. The van der Waals surface area contributed by atoms with Gasteiger partial charge in [0.1, 0.15) is 0 Å². The van der Waals surface area contributed by atoms with Crippen molar-refractivity contribution in [1.82, 2.24) is 0 Å². The van der Waals surface area contributed by atoms with Gasteiger partial charge in [0, 0.05) is 25.9 Å². The van der Waals surface area contributed by atoms with Crippen LogP contribution in [-0.4, -0.2) is 10.2 Å². The Bertz CT molecular complexity index is 353. The van der Waals surface area contributed by atoms with Gasteiger partial charge in [-0.15, -0.1) is 28.4 Å². The molecular formula is C11H12S2Si. The zero-order valence-corrected chi connectivity index (χ0v) is 11.6. The zero-order chi connectivity index (χ0) is 9.80. The number of allylic oxidation sites excluding steroid dienone is 1. The van der Waals surface area contributed by atoms with Crippen LogP contribution in [0.2, 0.25) is 0 Å². The maximum atomic E-state index is 2.32. The molecule has 0 saturated carbocycles. The molecular weight excluding hydrogens is 224 g/mol. The summed E-state index contributed by atoms with van der Waals surface area (Å²) < 4.78 is 0. The van der Waals surface area contributed by atoms with E-state index in [1.54, 1.807) is 0 Å². The van der Waals surface area contributed by atoms with Gasteiger partial charge in [-0.05, 0) is 22.9 Å². The summed E-state index contributed by atoms with van der Waals surface area (Å²) in [6.07, 6.45) is 2.32. The summed E-state index contributed by atoms with van der Waals surface area (Å²) >= 11 is 3.68. The average molecular weight is 236 g/mol. The summed E-state index contributed by atoms with van der Waals surface area (Å²) in [5.41, 5.74) is 2.27. The van der Waals surface area contributed by atoms with E-state index < -0.39 is 0 Å². The van der Waals surface area contributed by atoms with Crippen LogP contribution in [-0.2, 0) is 0 Å². The lowest BCUT2D eigenvalue weighted by Crippen LogP contribution is -1.91. The highest BCUT2D eigenvalue weighted by Gasteiger charge is 2.11.